The lowest BCUT2D eigenvalue weighted by Gasteiger charge is -2.36. The first-order valence-corrected chi connectivity index (χ1v) is 13.5. The van der Waals surface area contributed by atoms with Crippen molar-refractivity contribution in [3.05, 3.63) is 88.4 Å². The molecule has 1 atom stereocenters. The Labute approximate surface area is 216 Å². The van der Waals surface area contributed by atoms with Gasteiger partial charge in [0.1, 0.15) is 11.4 Å². The van der Waals surface area contributed by atoms with Crippen LogP contribution in [0.3, 0.4) is 0 Å². The predicted octanol–water partition coefficient (Wildman–Crippen LogP) is 4.47. The Morgan fingerprint density at radius 3 is 2.28 bits per heavy atom. The number of primary amides is 1. The van der Waals surface area contributed by atoms with Crippen molar-refractivity contribution in [2.24, 2.45) is 5.73 Å². The van der Waals surface area contributed by atoms with E-state index in [1.54, 1.807) is 78.6 Å². The zero-order chi connectivity index (χ0) is 26.1. The fourth-order valence-electron chi connectivity index (χ4n) is 4.72. The lowest BCUT2D eigenvalue weighted by atomic mass is 10.1. The maximum Gasteiger partial charge on any atom is 0.332 e. The summed E-state index contributed by atoms with van der Waals surface area (Å²) in [4.78, 5) is 26.4. The third-order valence-corrected chi connectivity index (χ3v) is 9.28. The van der Waals surface area contributed by atoms with Crippen LogP contribution < -0.4 is 14.5 Å². The summed E-state index contributed by atoms with van der Waals surface area (Å²) in [6.45, 7) is 3.72. The highest BCUT2D eigenvalue weighted by molar-refractivity contribution is 7.91. The van der Waals surface area contributed by atoms with Crippen LogP contribution >= 0.6 is 11.6 Å². The third-order valence-electron chi connectivity index (χ3n) is 6.63. The first kappa shape index (κ1) is 25.9. The number of hydrogen-bond acceptors (Lipinski definition) is 4. The van der Waals surface area contributed by atoms with Crippen LogP contribution in [0.1, 0.15) is 29.5 Å². The first-order chi connectivity index (χ1) is 17.0. The highest BCUT2D eigenvalue weighted by Crippen LogP contribution is 2.39. The molecule has 0 saturated carbocycles. The number of nitrogens with two attached hydrogens (primary N) is 1. The van der Waals surface area contributed by atoms with E-state index in [-0.39, 0.29) is 17.3 Å². The summed E-state index contributed by atoms with van der Waals surface area (Å²) in [6.07, 6.45) is 1.32. The lowest BCUT2D eigenvalue weighted by Crippen LogP contribution is -2.57. The molecule has 0 bridgehead atoms. The number of rotatable bonds is 8. The van der Waals surface area contributed by atoms with Crippen LogP contribution in [0.15, 0.2) is 71.6 Å². The second kappa shape index (κ2) is 10.0. The molecular weight excluding hydrogens is 498 g/mol. The smallest absolute Gasteiger partial charge is 0.332 e. The standard InChI is InChI=1S/C27H28ClN3O4S/c1-19-8-14-23(15-9-19)36(34,35)31(18-26(29)32,25-6-3-5-24(28)20(25)2)17-21-10-12-22(13-11-21)30-16-4-7-27(30)33/h3,5-6,8-15H,4,7,16-18H2,1-2H3,(H-,29,32)/p+1. The number of aryl methyl sites for hydroxylation is 1. The van der Waals surface area contributed by atoms with E-state index >= 15 is 0 Å². The molecule has 3 aromatic carbocycles. The number of anilines is 1. The van der Waals surface area contributed by atoms with Crippen LogP contribution in [-0.2, 0) is 26.2 Å². The van der Waals surface area contributed by atoms with Crippen LogP contribution in [0, 0.1) is 13.8 Å². The van der Waals surface area contributed by atoms with E-state index in [0.717, 1.165) is 17.7 Å². The van der Waals surface area contributed by atoms with Gasteiger partial charge in [0.05, 0.1) is 0 Å². The molecule has 7 nitrogen and oxygen atoms in total. The maximum atomic E-state index is 14.4. The van der Waals surface area contributed by atoms with Crippen molar-refractivity contribution in [1.82, 2.24) is 3.89 Å². The van der Waals surface area contributed by atoms with Gasteiger partial charge in [-0.25, -0.2) is 0 Å². The van der Waals surface area contributed by atoms with Crippen molar-refractivity contribution in [2.75, 3.05) is 18.0 Å². The summed E-state index contributed by atoms with van der Waals surface area (Å²) in [5.41, 5.74) is 8.95. The summed E-state index contributed by atoms with van der Waals surface area (Å²) in [7, 11) is -4.19. The largest absolute Gasteiger partial charge is 0.365 e. The Morgan fingerprint density at radius 2 is 1.69 bits per heavy atom. The average Bonchev–Trinajstić information content (AvgIpc) is 3.26. The summed E-state index contributed by atoms with van der Waals surface area (Å²) >= 11 is 6.42. The molecule has 2 amide bonds. The number of benzene rings is 3. The normalized spacial score (nSPS) is 15.6. The molecule has 1 saturated heterocycles. The molecule has 0 radical (unpaired) electrons. The number of carbonyl (C=O) groups excluding carboxylic acids is 2. The number of nitrogens with zero attached hydrogens (tertiary/aromatic N) is 2. The average molecular weight is 527 g/mol. The molecule has 1 aliphatic heterocycles. The van der Waals surface area contributed by atoms with Gasteiger partial charge in [0.15, 0.2) is 12.2 Å². The van der Waals surface area contributed by atoms with Crippen LogP contribution in [0.5, 0.6) is 0 Å². The number of quaternary nitrogens is 1. The van der Waals surface area contributed by atoms with Crippen LogP contribution in [0.4, 0.5) is 11.4 Å². The molecule has 9 heteroatoms. The molecule has 0 aromatic heterocycles. The molecule has 36 heavy (non-hydrogen) atoms. The van der Waals surface area contributed by atoms with Gasteiger partial charge in [0, 0.05) is 40.9 Å². The molecule has 0 aliphatic carbocycles. The monoisotopic (exact) mass is 526 g/mol. The van der Waals surface area contributed by atoms with Gasteiger partial charge in [-0.1, -0.05) is 47.5 Å². The minimum absolute atomic E-state index is 0.0610. The van der Waals surface area contributed by atoms with Crippen molar-refractivity contribution in [2.45, 2.75) is 38.1 Å². The highest BCUT2D eigenvalue weighted by atomic mass is 35.5. The molecule has 1 fully saturated rings. The van der Waals surface area contributed by atoms with Gasteiger partial charge in [-0.05, 0) is 50.6 Å². The number of amides is 2. The molecule has 1 aliphatic rings. The quantitative estimate of drug-likeness (QED) is 0.438. The third kappa shape index (κ3) is 4.76. The van der Waals surface area contributed by atoms with Crippen molar-refractivity contribution in [1.29, 1.82) is 0 Å². The van der Waals surface area contributed by atoms with Crippen molar-refractivity contribution in [3.63, 3.8) is 0 Å². The summed E-state index contributed by atoms with van der Waals surface area (Å²) < 4.78 is 28.0. The molecule has 188 valence electrons. The van der Waals surface area contributed by atoms with Gasteiger partial charge in [0.2, 0.25) is 5.91 Å². The Hall–Kier alpha value is -3.20. The molecular formula is C27H29ClN3O4S+. The highest BCUT2D eigenvalue weighted by Gasteiger charge is 2.48. The Kier molecular flexibility index (Phi) is 7.22. The van der Waals surface area contributed by atoms with Gasteiger partial charge in [-0.3, -0.25) is 9.59 Å². The second-order valence-electron chi connectivity index (χ2n) is 9.16. The Balaban J connectivity index is 1.89. The minimum atomic E-state index is -4.19. The zero-order valence-corrected chi connectivity index (χ0v) is 21.8. The van der Waals surface area contributed by atoms with Crippen molar-refractivity contribution >= 4 is 44.8 Å². The summed E-state index contributed by atoms with van der Waals surface area (Å²) in [6, 6.07) is 18.7. The van der Waals surface area contributed by atoms with E-state index in [2.05, 4.69) is 0 Å². The van der Waals surface area contributed by atoms with E-state index in [1.165, 1.54) is 0 Å². The lowest BCUT2D eigenvalue weighted by molar-refractivity contribution is -0.118. The van der Waals surface area contributed by atoms with Crippen molar-refractivity contribution in [3.8, 4) is 0 Å². The van der Waals surface area contributed by atoms with E-state index in [9.17, 15) is 18.0 Å². The van der Waals surface area contributed by atoms with Crippen LogP contribution in [-0.4, -0.2) is 33.3 Å². The van der Waals surface area contributed by atoms with Gasteiger partial charge < -0.3 is 10.6 Å². The second-order valence-corrected chi connectivity index (χ2v) is 11.7. The SMILES string of the molecule is Cc1ccc(S(=O)(=O)[N+](CC(N)=O)(Cc2ccc(N3CCCC3=O)cc2)c2cccc(Cl)c2C)cc1. The molecule has 1 heterocycles. The topological polar surface area (TPSA) is 97.5 Å². The van der Waals surface area contributed by atoms with E-state index in [1.807, 2.05) is 6.92 Å². The maximum absolute atomic E-state index is 14.4. The van der Waals surface area contributed by atoms with E-state index in [4.69, 9.17) is 17.3 Å². The van der Waals surface area contributed by atoms with E-state index < -0.39 is 26.4 Å². The summed E-state index contributed by atoms with van der Waals surface area (Å²) in [5.74, 6) is -0.692. The predicted molar refractivity (Wildman–Crippen MR) is 142 cm³/mol. The summed E-state index contributed by atoms with van der Waals surface area (Å²) in [5, 5.41) is 0.390. The molecule has 4 rings (SSSR count). The molecule has 0 spiro atoms. The van der Waals surface area contributed by atoms with Crippen LogP contribution in [0.2, 0.25) is 5.02 Å². The zero-order valence-electron chi connectivity index (χ0n) is 20.3. The van der Waals surface area contributed by atoms with Gasteiger partial charge in [-0.2, -0.15) is 12.3 Å². The number of sulfonamides is 1. The van der Waals surface area contributed by atoms with Gasteiger partial charge >= 0.3 is 10.0 Å². The Morgan fingerprint density at radius 1 is 1.03 bits per heavy atom. The number of hydrogen-bond donors (Lipinski definition) is 1. The van der Waals surface area contributed by atoms with Gasteiger partial charge in [0.25, 0.3) is 5.91 Å². The number of halogens is 1. The van der Waals surface area contributed by atoms with Crippen molar-refractivity contribution < 1.29 is 18.0 Å². The minimum Gasteiger partial charge on any atom is -0.365 e. The fraction of sp³-hybridized carbons (Fsp3) is 0.259. The fourth-order valence-corrected chi connectivity index (χ4v) is 6.85. The molecule has 1 unspecified atom stereocenters. The van der Waals surface area contributed by atoms with Crippen LogP contribution in [0.25, 0.3) is 0 Å². The number of carbonyl (C=O) groups is 2. The Bertz CT molecular complexity index is 1410. The molecule has 2 N–H and O–H groups in total. The van der Waals surface area contributed by atoms with Gasteiger partial charge in [-0.15, -0.1) is 0 Å². The van der Waals surface area contributed by atoms with E-state index in [0.29, 0.717) is 34.8 Å². The molecule has 3 aromatic rings. The first-order valence-electron chi connectivity index (χ1n) is 11.7.